The monoisotopic (exact) mass is 460 g/mol. The van der Waals surface area contributed by atoms with Gasteiger partial charge in [-0.25, -0.2) is 0 Å². The summed E-state index contributed by atoms with van der Waals surface area (Å²) in [6.45, 7) is 6.06. The van der Waals surface area contributed by atoms with Crippen LogP contribution in [0.25, 0.3) is 0 Å². The number of allylic oxidation sites excluding steroid dienone is 8. The highest BCUT2D eigenvalue weighted by Gasteiger charge is 2.31. The van der Waals surface area contributed by atoms with Crippen molar-refractivity contribution in [3.8, 4) is 0 Å². The molecule has 1 saturated heterocycles. The van der Waals surface area contributed by atoms with Crippen LogP contribution in [-0.4, -0.2) is 42.5 Å². The number of piperidine rings is 1. The molecular formula is C32H48N2. The van der Waals surface area contributed by atoms with E-state index >= 15 is 0 Å². The number of fused-ring (bicyclic) bond motifs is 9. The highest BCUT2D eigenvalue weighted by molar-refractivity contribution is 5.31. The summed E-state index contributed by atoms with van der Waals surface area (Å²) in [4.78, 5) is 5.40. The van der Waals surface area contributed by atoms with Crippen molar-refractivity contribution in [3.63, 3.8) is 0 Å². The summed E-state index contributed by atoms with van der Waals surface area (Å²) in [5.41, 5.74) is 3.33. The van der Waals surface area contributed by atoms with Gasteiger partial charge in [-0.2, -0.15) is 0 Å². The van der Waals surface area contributed by atoms with E-state index < -0.39 is 0 Å². The van der Waals surface area contributed by atoms with E-state index in [1.54, 1.807) is 11.1 Å². The van der Waals surface area contributed by atoms with Crippen LogP contribution in [0.15, 0.2) is 72.0 Å². The minimum absolute atomic E-state index is 0.744. The Hall–Kier alpha value is -1.80. The van der Waals surface area contributed by atoms with Crippen molar-refractivity contribution < 1.29 is 0 Å². The smallest absolute Gasteiger partial charge is 0.0386 e. The van der Waals surface area contributed by atoms with Gasteiger partial charge in [0.05, 0.1) is 0 Å². The van der Waals surface area contributed by atoms with Crippen molar-refractivity contribution in [3.05, 3.63) is 72.0 Å². The first-order valence-electron chi connectivity index (χ1n) is 14.4. The van der Waals surface area contributed by atoms with E-state index in [-0.39, 0.29) is 0 Å². The zero-order valence-corrected chi connectivity index (χ0v) is 21.6. The molecule has 34 heavy (non-hydrogen) atoms. The van der Waals surface area contributed by atoms with E-state index in [0.29, 0.717) is 0 Å². The van der Waals surface area contributed by atoms with Crippen molar-refractivity contribution in [2.45, 2.75) is 83.5 Å². The second-order valence-electron chi connectivity index (χ2n) is 10.9. The van der Waals surface area contributed by atoms with Gasteiger partial charge in [-0.3, -0.25) is 0 Å². The summed E-state index contributed by atoms with van der Waals surface area (Å²) >= 11 is 0. The van der Waals surface area contributed by atoms with Crippen LogP contribution in [0.5, 0.6) is 0 Å². The minimum atomic E-state index is 0.744. The third-order valence-corrected chi connectivity index (χ3v) is 8.10. The number of rotatable bonds is 0. The van der Waals surface area contributed by atoms with Crippen LogP contribution >= 0.6 is 0 Å². The molecule has 2 nitrogen and oxygen atoms in total. The van der Waals surface area contributed by atoms with Gasteiger partial charge in [-0.1, -0.05) is 73.1 Å². The largest absolute Gasteiger partial charge is 0.373 e. The molecule has 5 aliphatic heterocycles. The third-order valence-electron chi connectivity index (χ3n) is 8.10. The Morgan fingerprint density at radius 3 is 2.41 bits per heavy atom. The Kier molecular flexibility index (Phi) is 10.8. The summed E-state index contributed by atoms with van der Waals surface area (Å²) < 4.78 is 0. The Labute approximate surface area is 209 Å². The first kappa shape index (κ1) is 25.3. The van der Waals surface area contributed by atoms with Gasteiger partial charge in [0.25, 0.3) is 0 Å². The quantitative estimate of drug-likeness (QED) is 0.338. The molecule has 0 aliphatic carbocycles. The van der Waals surface area contributed by atoms with Crippen molar-refractivity contribution in [1.82, 2.24) is 9.80 Å². The Morgan fingerprint density at radius 1 is 0.676 bits per heavy atom. The fourth-order valence-electron chi connectivity index (χ4n) is 6.19. The molecule has 1 fully saturated rings. The van der Waals surface area contributed by atoms with Gasteiger partial charge < -0.3 is 9.80 Å². The molecule has 0 amide bonds. The second kappa shape index (κ2) is 14.6. The molecule has 5 rings (SSSR count). The third kappa shape index (κ3) is 8.45. The van der Waals surface area contributed by atoms with Crippen molar-refractivity contribution >= 4 is 0 Å². The molecule has 3 unspecified atom stereocenters. The molecule has 0 saturated carbocycles. The molecule has 2 heteroatoms. The normalized spacial score (nSPS) is 30.1. The summed E-state index contributed by atoms with van der Waals surface area (Å²) in [6.07, 6.45) is 40.6. The van der Waals surface area contributed by atoms with Gasteiger partial charge in [0.2, 0.25) is 0 Å². The Bertz CT molecular complexity index is 781. The topological polar surface area (TPSA) is 6.48 Å². The average Bonchev–Trinajstić information content (AvgIpc) is 2.85. The summed E-state index contributed by atoms with van der Waals surface area (Å²) in [6, 6.07) is 0. The number of nitrogens with zero attached hydrogens (tertiary/aromatic N) is 2. The fraction of sp³-hybridized carbons (Fsp3) is 0.625. The predicted molar refractivity (Wildman–Crippen MR) is 148 cm³/mol. The van der Waals surface area contributed by atoms with Gasteiger partial charge in [-0.15, -0.1) is 0 Å². The van der Waals surface area contributed by atoms with E-state index in [1.165, 1.54) is 90.3 Å². The highest BCUT2D eigenvalue weighted by Crippen LogP contribution is 2.37. The zero-order chi connectivity index (χ0) is 23.3. The first-order valence-corrected chi connectivity index (χ1v) is 14.4. The van der Waals surface area contributed by atoms with Gasteiger partial charge in [0.15, 0.2) is 0 Å². The SMILES string of the molecule is C1=CCCCCC2=CC3=CN(CCC=CCC=CCCCCCC4CN(CCC=C1)CCC34)C2. The maximum Gasteiger partial charge on any atom is 0.0386 e. The van der Waals surface area contributed by atoms with Crippen molar-refractivity contribution in [2.24, 2.45) is 11.8 Å². The van der Waals surface area contributed by atoms with Crippen LogP contribution in [0, 0.1) is 11.8 Å². The average molecular weight is 461 g/mol. The van der Waals surface area contributed by atoms with Crippen LogP contribution in [0.4, 0.5) is 0 Å². The molecule has 6 bridgehead atoms. The number of hydrogen-bond acceptors (Lipinski definition) is 2. The van der Waals surface area contributed by atoms with Gasteiger partial charge >= 0.3 is 0 Å². The molecule has 186 valence electrons. The molecule has 0 aromatic heterocycles. The van der Waals surface area contributed by atoms with Gasteiger partial charge in [-0.05, 0) is 94.6 Å². The lowest BCUT2D eigenvalue weighted by molar-refractivity contribution is 0.129. The summed E-state index contributed by atoms with van der Waals surface area (Å²) in [7, 11) is 0. The van der Waals surface area contributed by atoms with Gasteiger partial charge in [0.1, 0.15) is 0 Å². The zero-order valence-electron chi connectivity index (χ0n) is 21.6. The lowest BCUT2D eigenvalue weighted by atomic mass is 9.76. The van der Waals surface area contributed by atoms with Gasteiger partial charge in [0, 0.05) is 32.4 Å². The Balaban J connectivity index is 1.55. The molecule has 0 radical (unpaired) electrons. The summed E-state index contributed by atoms with van der Waals surface area (Å²) in [5.74, 6) is 1.55. The standard InChI is InChI=1S/C32H48N2/c1-2-5-10-14-18-23-34-26-29-19-15-11-7-4-6-9-13-17-22-33-24-21-32(31(25-29)28-34)30(27-33)20-16-12-8-3-1/h1-2,4,6,9-10,13-14,25,28,30,32H,3,5,7-8,11-12,15-24,26-27H2. The molecule has 3 atom stereocenters. The van der Waals surface area contributed by atoms with E-state index in [1.807, 2.05) is 0 Å². The van der Waals surface area contributed by atoms with E-state index in [0.717, 1.165) is 37.8 Å². The van der Waals surface area contributed by atoms with Crippen LogP contribution < -0.4 is 0 Å². The van der Waals surface area contributed by atoms with E-state index in [9.17, 15) is 0 Å². The predicted octanol–water partition coefficient (Wildman–Crippen LogP) is 7.98. The van der Waals surface area contributed by atoms with Crippen LogP contribution in [0.2, 0.25) is 0 Å². The first-order chi connectivity index (χ1) is 16.9. The molecule has 5 heterocycles. The van der Waals surface area contributed by atoms with Crippen molar-refractivity contribution in [1.29, 1.82) is 0 Å². The van der Waals surface area contributed by atoms with Crippen LogP contribution in [-0.2, 0) is 0 Å². The van der Waals surface area contributed by atoms with Crippen LogP contribution in [0.3, 0.4) is 0 Å². The maximum absolute atomic E-state index is 2.76. The van der Waals surface area contributed by atoms with E-state index in [4.69, 9.17) is 0 Å². The van der Waals surface area contributed by atoms with E-state index in [2.05, 4.69) is 70.7 Å². The minimum Gasteiger partial charge on any atom is -0.373 e. The number of hydrogen-bond donors (Lipinski definition) is 0. The molecule has 0 aromatic carbocycles. The molecule has 0 N–H and O–H groups in total. The molecule has 0 spiro atoms. The second-order valence-corrected chi connectivity index (χ2v) is 10.9. The summed E-state index contributed by atoms with van der Waals surface area (Å²) in [5, 5.41) is 0. The Morgan fingerprint density at radius 2 is 1.47 bits per heavy atom. The lowest BCUT2D eigenvalue weighted by Gasteiger charge is -2.41. The van der Waals surface area contributed by atoms with Crippen molar-refractivity contribution in [2.75, 3.05) is 32.7 Å². The molecular weight excluding hydrogens is 412 g/mol. The maximum atomic E-state index is 2.76. The molecule has 5 aliphatic rings. The fourth-order valence-corrected chi connectivity index (χ4v) is 6.19. The highest BCUT2D eigenvalue weighted by atomic mass is 15.1. The molecule has 0 aromatic rings. The van der Waals surface area contributed by atoms with Crippen LogP contribution in [0.1, 0.15) is 83.5 Å². The lowest BCUT2D eigenvalue weighted by Crippen LogP contribution is -2.42.